The van der Waals surface area contributed by atoms with Crippen LogP contribution in [0, 0.1) is 11.3 Å². The van der Waals surface area contributed by atoms with E-state index in [1.807, 2.05) is 6.07 Å². The maximum absolute atomic E-state index is 12.6. The van der Waals surface area contributed by atoms with E-state index in [1.54, 1.807) is 30.3 Å². The predicted octanol–water partition coefficient (Wildman–Crippen LogP) is 2.14. The van der Waals surface area contributed by atoms with Gasteiger partial charge in [-0.25, -0.2) is 12.4 Å². The lowest BCUT2D eigenvalue weighted by molar-refractivity contribution is 0.589. The fraction of sp³-hybridized carbons (Fsp3) is 0. The Morgan fingerprint density at radius 3 is 2.55 bits per heavy atom. The summed E-state index contributed by atoms with van der Waals surface area (Å²) < 4.78 is 26.3. The van der Waals surface area contributed by atoms with E-state index in [9.17, 15) is 8.42 Å². The highest BCUT2D eigenvalue weighted by molar-refractivity contribution is 7.90. The van der Waals surface area contributed by atoms with Gasteiger partial charge in [-0.05, 0) is 24.3 Å². The summed E-state index contributed by atoms with van der Waals surface area (Å²) in [6, 6.07) is 13.3. The van der Waals surface area contributed by atoms with Crippen molar-refractivity contribution in [2.45, 2.75) is 4.90 Å². The molecule has 0 radical (unpaired) electrons. The van der Waals surface area contributed by atoms with Gasteiger partial charge in [-0.1, -0.05) is 18.2 Å². The number of nitrogens with zero attached hydrogens (tertiary/aromatic N) is 3. The highest BCUT2D eigenvalue weighted by Crippen LogP contribution is 2.23. The first-order valence-corrected chi connectivity index (χ1v) is 7.25. The van der Waals surface area contributed by atoms with E-state index in [1.165, 1.54) is 24.5 Å². The second-order valence-electron chi connectivity index (χ2n) is 4.14. The molecule has 5 nitrogen and oxygen atoms in total. The van der Waals surface area contributed by atoms with Crippen LogP contribution in [0.15, 0.2) is 59.8 Å². The maximum atomic E-state index is 12.6. The van der Waals surface area contributed by atoms with Crippen molar-refractivity contribution < 1.29 is 8.42 Å². The van der Waals surface area contributed by atoms with Crippen molar-refractivity contribution in [1.82, 2.24) is 8.96 Å². The summed E-state index contributed by atoms with van der Waals surface area (Å²) in [6.45, 7) is 0. The van der Waals surface area contributed by atoms with Crippen molar-refractivity contribution in [3.63, 3.8) is 0 Å². The number of benzene rings is 1. The topological polar surface area (TPSA) is 75.8 Å². The minimum absolute atomic E-state index is 0.172. The Balaban J connectivity index is 2.34. The predicted molar refractivity (Wildman–Crippen MR) is 73.5 cm³/mol. The highest BCUT2D eigenvalue weighted by atomic mass is 32.2. The van der Waals surface area contributed by atoms with Crippen LogP contribution in [0.25, 0.3) is 11.0 Å². The van der Waals surface area contributed by atoms with Crippen LogP contribution in [-0.4, -0.2) is 17.4 Å². The summed E-state index contributed by atoms with van der Waals surface area (Å²) in [7, 11) is -3.73. The van der Waals surface area contributed by atoms with Crippen molar-refractivity contribution in [2.75, 3.05) is 0 Å². The van der Waals surface area contributed by atoms with Crippen LogP contribution in [0.4, 0.5) is 0 Å². The SMILES string of the molecule is N#Cc1cn(S(=O)(=O)c2ccccc2)c2cccnc12. The molecule has 0 N–H and O–H groups in total. The van der Waals surface area contributed by atoms with Gasteiger partial charge < -0.3 is 0 Å². The molecule has 20 heavy (non-hydrogen) atoms. The number of aromatic nitrogens is 2. The molecular formula is C14H9N3O2S. The molecule has 2 aromatic heterocycles. The van der Waals surface area contributed by atoms with Gasteiger partial charge in [-0.2, -0.15) is 5.26 Å². The summed E-state index contributed by atoms with van der Waals surface area (Å²) in [5.41, 5.74) is 1.02. The molecule has 6 heteroatoms. The van der Waals surface area contributed by atoms with Crippen LogP contribution >= 0.6 is 0 Å². The third-order valence-electron chi connectivity index (χ3n) is 2.95. The van der Waals surface area contributed by atoms with Gasteiger partial charge in [0.05, 0.1) is 16.0 Å². The highest BCUT2D eigenvalue weighted by Gasteiger charge is 2.21. The molecule has 1 aromatic carbocycles. The molecule has 98 valence electrons. The van der Waals surface area contributed by atoms with E-state index in [0.717, 1.165) is 3.97 Å². The Morgan fingerprint density at radius 1 is 1.10 bits per heavy atom. The molecule has 0 fully saturated rings. The van der Waals surface area contributed by atoms with Crippen LogP contribution in [-0.2, 0) is 10.0 Å². The number of pyridine rings is 1. The molecule has 0 bridgehead atoms. The van der Waals surface area contributed by atoms with E-state index >= 15 is 0 Å². The average molecular weight is 283 g/mol. The number of fused-ring (bicyclic) bond motifs is 1. The minimum Gasteiger partial charge on any atom is -0.253 e. The third kappa shape index (κ3) is 1.76. The smallest absolute Gasteiger partial charge is 0.253 e. The zero-order valence-electron chi connectivity index (χ0n) is 10.3. The van der Waals surface area contributed by atoms with Crippen molar-refractivity contribution >= 4 is 21.1 Å². The second-order valence-corrected chi connectivity index (χ2v) is 5.95. The van der Waals surface area contributed by atoms with Crippen LogP contribution < -0.4 is 0 Å². The van der Waals surface area contributed by atoms with Crippen LogP contribution in [0.2, 0.25) is 0 Å². The normalized spacial score (nSPS) is 11.3. The van der Waals surface area contributed by atoms with E-state index < -0.39 is 10.0 Å². The quantitative estimate of drug-likeness (QED) is 0.722. The lowest BCUT2D eigenvalue weighted by atomic mass is 10.3. The summed E-state index contributed by atoms with van der Waals surface area (Å²) in [5, 5.41) is 9.09. The monoisotopic (exact) mass is 283 g/mol. The Morgan fingerprint density at radius 2 is 1.85 bits per heavy atom. The largest absolute Gasteiger partial charge is 0.268 e. The standard InChI is InChI=1S/C14H9N3O2S/c15-9-11-10-17(13-7-4-8-16-14(11)13)20(18,19)12-5-2-1-3-6-12/h1-8,10H. The van der Waals surface area contributed by atoms with Crippen molar-refractivity contribution in [3.05, 3.63) is 60.4 Å². The molecule has 3 rings (SSSR count). The molecule has 0 spiro atoms. The van der Waals surface area contributed by atoms with Gasteiger partial charge in [-0.3, -0.25) is 4.98 Å². The fourth-order valence-corrected chi connectivity index (χ4v) is 3.40. The first-order valence-electron chi connectivity index (χ1n) is 5.81. The van der Waals surface area contributed by atoms with E-state index in [0.29, 0.717) is 11.0 Å². The summed E-state index contributed by atoms with van der Waals surface area (Å²) in [5.74, 6) is 0. The molecule has 0 atom stereocenters. The van der Waals surface area contributed by atoms with Gasteiger partial charge in [0.25, 0.3) is 10.0 Å². The summed E-state index contributed by atoms with van der Waals surface area (Å²) in [4.78, 5) is 4.24. The molecule has 0 aliphatic rings. The zero-order chi connectivity index (χ0) is 14.2. The first-order chi connectivity index (χ1) is 9.64. The van der Waals surface area contributed by atoms with Crippen molar-refractivity contribution in [1.29, 1.82) is 5.26 Å². The van der Waals surface area contributed by atoms with Crippen LogP contribution in [0.3, 0.4) is 0 Å². The molecule has 2 heterocycles. The zero-order valence-corrected chi connectivity index (χ0v) is 11.1. The Labute approximate surface area is 115 Å². The first kappa shape index (κ1) is 12.4. The maximum Gasteiger partial charge on any atom is 0.268 e. The molecule has 0 aliphatic carbocycles. The van der Waals surface area contributed by atoms with Gasteiger partial charge in [0, 0.05) is 12.4 Å². The second kappa shape index (κ2) is 4.47. The van der Waals surface area contributed by atoms with E-state index in [4.69, 9.17) is 5.26 Å². The van der Waals surface area contributed by atoms with Gasteiger partial charge in [-0.15, -0.1) is 0 Å². The summed E-state index contributed by atoms with van der Waals surface area (Å²) >= 11 is 0. The number of hydrogen-bond donors (Lipinski definition) is 0. The Kier molecular flexibility index (Phi) is 2.77. The lowest BCUT2D eigenvalue weighted by Gasteiger charge is -2.06. The van der Waals surface area contributed by atoms with Crippen LogP contribution in [0.1, 0.15) is 5.56 Å². The van der Waals surface area contributed by atoms with Crippen molar-refractivity contribution in [3.8, 4) is 6.07 Å². The van der Waals surface area contributed by atoms with Gasteiger partial charge >= 0.3 is 0 Å². The Bertz CT molecular complexity index is 922. The molecule has 0 saturated carbocycles. The third-order valence-corrected chi connectivity index (χ3v) is 4.63. The van der Waals surface area contributed by atoms with Crippen LogP contribution in [0.5, 0.6) is 0 Å². The van der Waals surface area contributed by atoms with E-state index in [-0.39, 0.29) is 10.5 Å². The van der Waals surface area contributed by atoms with E-state index in [2.05, 4.69) is 4.98 Å². The van der Waals surface area contributed by atoms with Gasteiger partial charge in [0.1, 0.15) is 11.6 Å². The Hall–Kier alpha value is -2.65. The lowest BCUT2D eigenvalue weighted by Crippen LogP contribution is -2.11. The molecule has 3 aromatic rings. The average Bonchev–Trinajstić information content (AvgIpc) is 2.88. The molecule has 0 saturated heterocycles. The summed E-state index contributed by atoms with van der Waals surface area (Å²) in [6.07, 6.45) is 2.84. The van der Waals surface area contributed by atoms with Crippen molar-refractivity contribution in [2.24, 2.45) is 0 Å². The number of hydrogen-bond acceptors (Lipinski definition) is 4. The fourth-order valence-electron chi connectivity index (χ4n) is 2.02. The molecule has 0 unspecified atom stereocenters. The minimum atomic E-state index is -3.73. The number of rotatable bonds is 2. The molecular weight excluding hydrogens is 274 g/mol. The van der Waals surface area contributed by atoms with Gasteiger partial charge in [0.2, 0.25) is 0 Å². The molecule has 0 amide bonds. The number of nitriles is 1. The molecule has 0 aliphatic heterocycles. The van der Waals surface area contributed by atoms with Gasteiger partial charge in [0.15, 0.2) is 0 Å².